The molecule has 0 aliphatic carbocycles. The summed E-state index contributed by atoms with van der Waals surface area (Å²) >= 11 is 3.28. The van der Waals surface area contributed by atoms with Gasteiger partial charge in [0.2, 0.25) is 0 Å². The molecule has 104 valence electrons. The quantitative estimate of drug-likeness (QED) is 0.602. The van der Waals surface area contributed by atoms with E-state index in [1.807, 2.05) is 0 Å². The Labute approximate surface area is 123 Å². The largest absolute Gasteiger partial charge is 0.485 e. The molecule has 6 heteroatoms. The van der Waals surface area contributed by atoms with Gasteiger partial charge in [0.1, 0.15) is 17.7 Å². The number of nitro benzene ring substituents is 1. The fourth-order valence-electron chi connectivity index (χ4n) is 1.69. The van der Waals surface area contributed by atoms with Crippen LogP contribution >= 0.6 is 15.9 Å². The van der Waals surface area contributed by atoms with Crippen molar-refractivity contribution in [2.75, 3.05) is 0 Å². The van der Waals surface area contributed by atoms with Gasteiger partial charge >= 0.3 is 0 Å². The molecule has 20 heavy (non-hydrogen) atoms. The first-order chi connectivity index (χ1) is 9.47. The highest BCUT2D eigenvalue weighted by Gasteiger charge is 2.14. The number of ether oxygens (including phenoxy) is 1. The summed E-state index contributed by atoms with van der Waals surface area (Å²) in [6.45, 7) is 1.79. The van der Waals surface area contributed by atoms with Gasteiger partial charge in [0.05, 0.1) is 15.5 Å². The van der Waals surface area contributed by atoms with E-state index in [-0.39, 0.29) is 17.6 Å². The summed E-state index contributed by atoms with van der Waals surface area (Å²) in [6.07, 6.45) is -0.353. The maximum atomic E-state index is 12.9. The Bertz CT molecular complexity index is 631. The molecule has 2 aromatic rings. The molecule has 0 heterocycles. The maximum absolute atomic E-state index is 12.9. The lowest BCUT2D eigenvalue weighted by Crippen LogP contribution is -2.04. The van der Waals surface area contributed by atoms with Gasteiger partial charge in [-0.2, -0.15) is 0 Å². The third-order valence-electron chi connectivity index (χ3n) is 2.77. The average molecular weight is 340 g/mol. The molecule has 0 aliphatic rings. The van der Waals surface area contributed by atoms with E-state index in [9.17, 15) is 14.5 Å². The van der Waals surface area contributed by atoms with Crippen LogP contribution in [0.5, 0.6) is 5.75 Å². The standard InChI is InChI=1S/C14H11BrFNO3/c1-9(10-2-4-11(16)5-3-10)20-14-8-12(17(18)19)6-7-13(14)15/h2-9H,1H3/t9-/m1/s1. The highest BCUT2D eigenvalue weighted by molar-refractivity contribution is 9.10. The summed E-state index contributed by atoms with van der Waals surface area (Å²) in [5.74, 6) is 0.0495. The number of hydrogen-bond donors (Lipinski definition) is 0. The van der Waals surface area contributed by atoms with E-state index in [0.29, 0.717) is 10.2 Å². The van der Waals surface area contributed by atoms with Crippen molar-refractivity contribution in [1.29, 1.82) is 0 Å². The average Bonchev–Trinajstić information content (AvgIpc) is 2.41. The highest BCUT2D eigenvalue weighted by Crippen LogP contribution is 2.32. The summed E-state index contributed by atoms with van der Waals surface area (Å²) < 4.78 is 19.2. The third kappa shape index (κ3) is 3.33. The SMILES string of the molecule is C[C@@H](Oc1cc([N+](=O)[O-])ccc1Br)c1ccc(F)cc1. The number of nitro groups is 1. The highest BCUT2D eigenvalue weighted by atomic mass is 79.9. The van der Waals surface area contributed by atoms with Crippen molar-refractivity contribution in [2.24, 2.45) is 0 Å². The van der Waals surface area contributed by atoms with E-state index in [2.05, 4.69) is 15.9 Å². The number of rotatable bonds is 4. The van der Waals surface area contributed by atoms with E-state index >= 15 is 0 Å². The molecule has 0 N–H and O–H groups in total. The Morgan fingerprint density at radius 1 is 1.25 bits per heavy atom. The zero-order chi connectivity index (χ0) is 14.7. The van der Waals surface area contributed by atoms with E-state index in [0.717, 1.165) is 5.56 Å². The van der Waals surface area contributed by atoms with Crippen LogP contribution in [-0.4, -0.2) is 4.92 Å². The molecule has 2 rings (SSSR count). The molecule has 0 unspecified atom stereocenters. The zero-order valence-corrected chi connectivity index (χ0v) is 12.1. The van der Waals surface area contributed by atoms with Gasteiger partial charge in [-0.15, -0.1) is 0 Å². The number of non-ortho nitro benzene ring substituents is 1. The smallest absolute Gasteiger partial charge is 0.273 e. The predicted octanol–water partition coefficient (Wildman–Crippen LogP) is 4.64. The van der Waals surface area contributed by atoms with Crippen molar-refractivity contribution < 1.29 is 14.1 Å². The lowest BCUT2D eigenvalue weighted by atomic mass is 10.1. The van der Waals surface area contributed by atoms with Crippen molar-refractivity contribution in [3.63, 3.8) is 0 Å². The summed E-state index contributed by atoms with van der Waals surface area (Å²) in [5.41, 5.74) is 0.735. The first kappa shape index (κ1) is 14.5. The number of hydrogen-bond acceptors (Lipinski definition) is 3. The molecular formula is C14H11BrFNO3. The minimum atomic E-state index is -0.484. The second-order valence-electron chi connectivity index (χ2n) is 4.18. The molecule has 0 spiro atoms. The molecule has 0 saturated carbocycles. The van der Waals surface area contributed by atoms with Crippen LogP contribution in [0.25, 0.3) is 0 Å². The molecule has 0 amide bonds. The summed E-state index contributed by atoms with van der Waals surface area (Å²) in [7, 11) is 0. The van der Waals surface area contributed by atoms with E-state index < -0.39 is 4.92 Å². The lowest BCUT2D eigenvalue weighted by molar-refractivity contribution is -0.385. The van der Waals surface area contributed by atoms with Crippen LogP contribution in [-0.2, 0) is 0 Å². The van der Waals surface area contributed by atoms with E-state index in [1.54, 1.807) is 25.1 Å². The molecule has 0 aromatic heterocycles. The predicted molar refractivity (Wildman–Crippen MR) is 76.2 cm³/mol. The Balaban J connectivity index is 2.22. The Morgan fingerprint density at radius 2 is 1.90 bits per heavy atom. The van der Waals surface area contributed by atoms with Gasteiger partial charge in [0, 0.05) is 6.07 Å². The number of benzene rings is 2. The maximum Gasteiger partial charge on any atom is 0.273 e. The van der Waals surface area contributed by atoms with Crippen LogP contribution in [0.4, 0.5) is 10.1 Å². The number of nitrogens with zero attached hydrogens (tertiary/aromatic N) is 1. The summed E-state index contributed by atoms with van der Waals surface area (Å²) in [4.78, 5) is 10.3. The van der Waals surface area contributed by atoms with Crippen molar-refractivity contribution in [3.05, 3.63) is 68.4 Å². The molecule has 1 atom stereocenters. The van der Waals surface area contributed by atoms with Crippen molar-refractivity contribution in [1.82, 2.24) is 0 Å². The minimum absolute atomic E-state index is 0.0468. The fraction of sp³-hybridized carbons (Fsp3) is 0.143. The Kier molecular flexibility index (Phi) is 4.34. The molecular weight excluding hydrogens is 329 g/mol. The molecule has 0 aliphatic heterocycles. The van der Waals surface area contributed by atoms with Gasteiger partial charge < -0.3 is 4.74 Å². The van der Waals surface area contributed by atoms with Gasteiger partial charge in [-0.1, -0.05) is 12.1 Å². The fourth-order valence-corrected chi connectivity index (χ4v) is 2.03. The van der Waals surface area contributed by atoms with Crippen LogP contribution in [0, 0.1) is 15.9 Å². The molecule has 0 bridgehead atoms. The van der Waals surface area contributed by atoms with Gasteiger partial charge in [0.15, 0.2) is 0 Å². The Morgan fingerprint density at radius 3 is 2.50 bits per heavy atom. The minimum Gasteiger partial charge on any atom is -0.485 e. The van der Waals surface area contributed by atoms with Gasteiger partial charge in [-0.05, 0) is 46.6 Å². The first-order valence-corrected chi connectivity index (χ1v) is 6.62. The van der Waals surface area contributed by atoms with E-state index in [4.69, 9.17) is 4.74 Å². The second kappa shape index (κ2) is 6.00. The second-order valence-corrected chi connectivity index (χ2v) is 5.04. The zero-order valence-electron chi connectivity index (χ0n) is 10.5. The molecule has 0 saturated heterocycles. The van der Waals surface area contributed by atoms with Gasteiger partial charge in [-0.3, -0.25) is 10.1 Å². The molecule has 0 fully saturated rings. The van der Waals surface area contributed by atoms with E-state index in [1.165, 1.54) is 24.3 Å². The third-order valence-corrected chi connectivity index (χ3v) is 3.42. The topological polar surface area (TPSA) is 52.4 Å². The van der Waals surface area contributed by atoms with Crippen LogP contribution in [0.15, 0.2) is 46.9 Å². The number of halogens is 2. The molecule has 4 nitrogen and oxygen atoms in total. The summed E-state index contributed by atoms with van der Waals surface area (Å²) in [5, 5.41) is 10.8. The molecule has 0 radical (unpaired) electrons. The van der Waals surface area contributed by atoms with Crippen molar-refractivity contribution >= 4 is 21.6 Å². The van der Waals surface area contributed by atoms with Crippen LogP contribution in [0.1, 0.15) is 18.6 Å². The van der Waals surface area contributed by atoms with Gasteiger partial charge in [-0.25, -0.2) is 4.39 Å². The van der Waals surface area contributed by atoms with Crippen molar-refractivity contribution in [3.8, 4) is 5.75 Å². The van der Waals surface area contributed by atoms with Crippen LogP contribution in [0.3, 0.4) is 0 Å². The lowest BCUT2D eigenvalue weighted by Gasteiger charge is -2.16. The monoisotopic (exact) mass is 339 g/mol. The van der Waals surface area contributed by atoms with Gasteiger partial charge in [0.25, 0.3) is 5.69 Å². The van der Waals surface area contributed by atoms with Crippen LogP contribution < -0.4 is 4.74 Å². The Hall–Kier alpha value is -1.95. The first-order valence-electron chi connectivity index (χ1n) is 5.83. The van der Waals surface area contributed by atoms with Crippen LogP contribution in [0.2, 0.25) is 0 Å². The summed E-state index contributed by atoms with van der Waals surface area (Å²) in [6, 6.07) is 10.2. The molecule has 2 aromatic carbocycles. The normalized spacial score (nSPS) is 11.9. The van der Waals surface area contributed by atoms with Crippen molar-refractivity contribution in [2.45, 2.75) is 13.0 Å².